The number of halogens is 2. The maximum absolute atomic E-state index is 15.3. The molecule has 3 fully saturated rings. The first kappa shape index (κ1) is 60.6. The number of esters is 1. The first-order chi connectivity index (χ1) is 35.2. The van der Waals surface area contributed by atoms with Crippen LogP contribution in [-0.2, 0) is 52.1 Å². The van der Waals surface area contributed by atoms with E-state index in [1.807, 2.05) is 65.0 Å². The van der Waals surface area contributed by atoms with Gasteiger partial charge in [-0.15, -0.1) is 5.10 Å². The Labute approximate surface area is 443 Å². The standard InChI is InChI=1S/C56H88F2N6O11/c1-14-45-55(10,69)49(65)38(6)63(12)32-34(2)29-53(8,68)51(36(4)48(37(5)52(67)73-45)74-47-30-54(9,70-13)50(66)39(7)72-47)75-46-28-44(27-35(3)71-46)62(11)26-22-43-33-64(61-60-43)25-16-23-56(57,58)42-20-18-40(19-21-42)41-17-15-24-59-31-41/h15,17-21,24,31,33-39,44-51,65-66,68-69H,14,16,22-23,25-30,32H2,1-13H3/t34-,35-,36+,37-,38-,39+,44+,45-,46+,47+,48+,49-,50+,51-,53-,54-,55-/m1/s1. The first-order valence-electron chi connectivity index (χ1n) is 27.1. The molecule has 75 heavy (non-hydrogen) atoms. The van der Waals surface area contributed by atoms with Gasteiger partial charge in [0.2, 0.25) is 0 Å². The van der Waals surface area contributed by atoms with Crippen molar-refractivity contribution >= 4 is 5.97 Å². The molecule has 2 aromatic heterocycles. The number of aliphatic hydroxyl groups excluding tert-OH is 2. The molecular weight excluding hydrogens is 971 g/mol. The van der Waals surface area contributed by atoms with Crippen molar-refractivity contribution in [3.63, 3.8) is 0 Å². The summed E-state index contributed by atoms with van der Waals surface area (Å²) < 4.78 is 70.8. The van der Waals surface area contributed by atoms with Crippen LogP contribution in [0.3, 0.4) is 0 Å². The summed E-state index contributed by atoms with van der Waals surface area (Å²) in [5.41, 5.74) is -2.02. The third kappa shape index (κ3) is 15.0. The van der Waals surface area contributed by atoms with Crippen LogP contribution in [0.5, 0.6) is 0 Å². The number of hydrogen-bond donors (Lipinski definition) is 4. The molecule has 0 bridgehead atoms. The van der Waals surface area contributed by atoms with Crippen molar-refractivity contribution < 1.29 is 62.4 Å². The molecule has 17 nitrogen and oxygen atoms in total. The number of likely N-dealkylation sites (N-methyl/N-ethyl adjacent to an activating group) is 2. The van der Waals surface area contributed by atoms with Gasteiger partial charge in [0, 0.05) is 94.6 Å². The summed E-state index contributed by atoms with van der Waals surface area (Å²) in [7, 11) is 5.40. The van der Waals surface area contributed by atoms with E-state index in [4.69, 9.17) is 28.4 Å². The van der Waals surface area contributed by atoms with Crippen LogP contribution in [0, 0.1) is 17.8 Å². The lowest BCUT2D eigenvalue weighted by Gasteiger charge is -2.48. The van der Waals surface area contributed by atoms with Gasteiger partial charge < -0.3 is 58.6 Å². The van der Waals surface area contributed by atoms with Crippen LogP contribution in [0.1, 0.15) is 125 Å². The van der Waals surface area contributed by atoms with Gasteiger partial charge in [0.25, 0.3) is 5.92 Å². The Kier molecular flexibility index (Phi) is 20.6. The molecule has 0 spiro atoms. The summed E-state index contributed by atoms with van der Waals surface area (Å²) in [4.78, 5) is 22.8. The number of rotatable bonds is 16. The number of pyridine rings is 1. The van der Waals surface area contributed by atoms with Crippen LogP contribution in [-0.4, -0.2) is 175 Å². The van der Waals surface area contributed by atoms with Crippen molar-refractivity contribution in [3.8, 4) is 11.1 Å². The number of cyclic esters (lactones) is 1. The second kappa shape index (κ2) is 25.5. The van der Waals surface area contributed by atoms with Gasteiger partial charge in [0.05, 0.1) is 47.2 Å². The first-order valence-corrected chi connectivity index (χ1v) is 27.1. The predicted octanol–water partition coefficient (Wildman–Crippen LogP) is 6.77. The number of methoxy groups -OCH3 is 1. The van der Waals surface area contributed by atoms with Crippen LogP contribution in [0.4, 0.5) is 8.78 Å². The number of hydrogen-bond acceptors (Lipinski definition) is 16. The fraction of sp³-hybridized carbons (Fsp3) is 0.750. The number of benzene rings is 1. The predicted molar refractivity (Wildman–Crippen MR) is 278 cm³/mol. The average Bonchev–Trinajstić information content (AvgIpc) is 3.83. The third-order valence-electron chi connectivity index (χ3n) is 16.5. The summed E-state index contributed by atoms with van der Waals surface area (Å²) in [5, 5.41) is 56.1. The normalized spacial score (nSPS) is 37.2. The lowest BCUT2D eigenvalue weighted by molar-refractivity contribution is -0.308. The van der Waals surface area contributed by atoms with E-state index in [-0.39, 0.29) is 55.7 Å². The van der Waals surface area contributed by atoms with Gasteiger partial charge in [-0.25, -0.2) is 8.78 Å². The molecule has 3 aromatic rings. The molecule has 5 heterocycles. The minimum atomic E-state index is -3.01. The fourth-order valence-corrected chi connectivity index (χ4v) is 11.7. The van der Waals surface area contributed by atoms with Crippen LogP contribution in [0.25, 0.3) is 11.1 Å². The lowest BCUT2D eigenvalue weighted by Crippen LogP contribution is -2.59. The van der Waals surface area contributed by atoms with E-state index >= 15 is 8.78 Å². The number of alkyl halides is 2. The Bertz CT molecular complexity index is 2240. The molecule has 0 saturated carbocycles. The summed E-state index contributed by atoms with van der Waals surface area (Å²) >= 11 is 0. The molecular formula is C56H88F2N6O11. The Morgan fingerprint density at radius 1 is 0.933 bits per heavy atom. The Morgan fingerprint density at radius 2 is 1.64 bits per heavy atom. The molecule has 3 aliphatic rings. The van der Waals surface area contributed by atoms with Crippen molar-refractivity contribution in [2.75, 3.05) is 34.3 Å². The van der Waals surface area contributed by atoms with Gasteiger partial charge in [0.15, 0.2) is 12.6 Å². The Balaban J connectivity index is 1.17. The van der Waals surface area contributed by atoms with Crippen molar-refractivity contribution in [1.82, 2.24) is 29.8 Å². The quantitative estimate of drug-likeness (QED) is 0.109. The number of carbonyl (C=O) groups excluding carboxylic acids is 1. The topological polar surface area (TPSA) is 203 Å². The zero-order valence-corrected chi connectivity index (χ0v) is 46.6. The Hall–Kier alpha value is -3.60. The second-order valence-electron chi connectivity index (χ2n) is 22.9. The van der Waals surface area contributed by atoms with E-state index < -0.39 is 95.8 Å². The summed E-state index contributed by atoms with van der Waals surface area (Å²) in [5.74, 6) is -5.58. The smallest absolute Gasteiger partial charge is 0.311 e. The molecule has 3 saturated heterocycles. The largest absolute Gasteiger partial charge is 0.459 e. The van der Waals surface area contributed by atoms with Crippen LogP contribution < -0.4 is 0 Å². The molecule has 1 aromatic carbocycles. The highest BCUT2D eigenvalue weighted by atomic mass is 19.3. The number of nitrogens with zero attached hydrogens (tertiary/aromatic N) is 6. The highest BCUT2D eigenvalue weighted by Gasteiger charge is 2.52. The maximum atomic E-state index is 15.3. The van der Waals surface area contributed by atoms with E-state index in [1.54, 1.807) is 63.8 Å². The van der Waals surface area contributed by atoms with E-state index in [0.29, 0.717) is 38.9 Å². The third-order valence-corrected chi connectivity index (χ3v) is 16.5. The summed E-state index contributed by atoms with van der Waals surface area (Å²) in [6.07, 6.45) is -0.665. The van der Waals surface area contributed by atoms with Gasteiger partial charge in [0.1, 0.15) is 23.9 Å². The van der Waals surface area contributed by atoms with Gasteiger partial charge in [-0.3, -0.25) is 14.5 Å². The van der Waals surface area contributed by atoms with Gasteiger partial charge in [-0.2, -0.15) is 0 Å². The zero-order chi connectivity index (χ0) is 55.2. The summed E-state index contributed by atoms with van der Waals surface area (Å²) in [6.45, 7) is 19.2. The zero-order valence-electron chi connectivity index (χ0n) is 46.6. The minimum absolute atomic E-state index is 0.00699. The molecule has 0 radical (unpaired) electrons. The van der Waals surface area contributed by atoms with Crippen LogP contribution in [0.2, 0.25) is 0 Å². The molecule has 0 aliphatic carbocycles. The number of aliphatic hydroxyl groups is 4. The number of ether oxygens (including phenoxy) is 6. The van der Waals surface area contributed by atoms with E-state index in [2.05, 4.69) is 20.2 Å². The number of aromatic nitrogens is 4. The van der Waals surface area contributed by atoms with E-state index in [0.717, 1.165) is 16.8 Å². The minimum Gasteiger partial charge on any atom is -0.459 e. The highest BCUT2D eigenvalue weighted by molar-refractivity contribution is 5.73. The molecule has 422 valence electrons. The van der Waals surface area contributed by atoms with Crippen molar-refractivity contribution in [3.05, 3.63) is 66.2 Å². The molecule has 6 rings (SSSR count). The SMILES string of the molecule is CC[C@H]1OC(=O)[C@H](C)[C@@H](O[C@H]2C[C@@](C)(OC)[C@@H](O)[C@H](C)O2)[C@H](C)[C@@H](O[C@H]2C[C@@H](N(C)CCc3cn(CCCC(F)(F)c4ccc(-c5cccnc5)cc4)nn3)C[C@@H](C)O2)[C@](C)(O)C[C@@H](C)CN(C)[C@H](C)[C@@H](O)[C@]1(C)O. The Morgan fingerprint density at radius 3 is 2.29 bits per heavy atom. The van der Waals surface area contributed by atoms with Crippen molar-refractivity contribution in [1.29, 1.82) is 0 Å². The molecule has 19 heteroatoms. The summed E-state index contributed by atoms with van der Waals surface area (Å²) in [6, 6.07) is 9.48. The average molecular weight is 1060 g/mol. The fourth-order valence-electron chi connectivity index (χ4n) is 11.7. The van der Waals surface area contributed by atoms with Gasteiger partial charge in [-0.05, 0) is 111 Å². The lowest BCUT2D eigenvalue weighted by atomic mass is 9.77. The van der Waals surface area contributed by atoms with Gasteiger partial charge in [-0.1, -0.05) is 56.3 Å². The van der Waals surface area contributed by atoms with E-state index in [1.165, 1.54) is 26.2 Å². The number of carbonyl (C=O) groups is 1. The maximum Gasteiger partial charge on any atom is 0.311 e. The van der Waals surface area contributed by atoms with Crippen molar-refractivity contribution in [2.45, 2.75) is 217 Å². The highest BCUT2D eigenvalue weighted by Crippen LogP contribution is 2.41. The molecule has 0 unspecified atom stereocenters. The monoisotopic (exact) mass is 1060 g/mol. The molecule has 0 amide bonds. The molecule has 4 N–H and O–H groups in total. The molecule has 3 aliphatic heterocycles. The van der Waals surface area contributed by atoms with Gasteiger partial charge >= 0.3 is 5.97 Å². The second-order valence-corrected chi connectivity index (χ2v) is 22.9. The molecule has 17 atom stereocenters. The number of aryl methyl sites for hydroxylation is 1. The van der Waals surface area contributed by atoms with E-state index in [9.17, 15) is 25.2 Å². The van der Waals surface area contributed by atoms with Crippen LogP contribution >= 0.6 is 0 Å². The van der Waals surface area contributed by atoms with Crippen LogP contribution in [0.15, 0.2) is 55.0 Å². The van der Waals surface area contributed by atoms with Crippen molar-refractivity contribution in [2.24, 2.45) is 17.8 Å².